The summed E-state index contributed by atoms with van der Waals surface area (Å²) in [6, 6.07) is 15.6. The summed E-state index contributed by atoms with van der Waals surface area (Å²) in [5.74, 6) is -0.737. The van der Waals surface area contributed by atoms with Crippen LogP contribution < -0.4 is 5.32 Å². The molecule has 0 atom stereocenters. The fraction of sp³-hybridized carbons (Fsp3) is 0.348. The minimum absolute atomic E-state index is 0.241. The monoisotopic (exact) mass is 459 g/mol. The summed E-state index contributed by atoms with van der Waals surface area (Å²) in [5, 5.41) is 3.59. The highest BCUT2D eigenvalue weighted by Crippen LogP contribution is 2.13. The smallest absolute Gasteiger partial charge is 0.315 e. The maximum absolute atomic E-state index is 12.2. The van der Waals surface area contributed by atoms with Crippen LogP contribution in [0.2, 0.25) is 0 Å². The molecule has 0 bridgehead atoms. The normalized spacial score (nSPS) is 10.4. The van der Waals surface area contributed by atoms with Crippen LogP contribution in [0.3, 0.4) is 0 Å². The van der Waals surface area contributed by atoms with E-state index in [9.17, 15) is 14.4 Å². The lowest BCUT2D eigenvalue weighted by atomic mass is 10.0. The summed E-state index contributed by atoms with van der Waals surface area (Å²) < 4.78 is 4.46. The van der Waals surface area contributed by atoms with Crippen molar-refractivity contribution in [3.8, 4) is 0 Å². The average molecular weight is 460 g/mol. The molecule has 0 spiro atoms. The Hall–Kier alpha value is -2.47. The van der Waals surface area contributed by atoms with Gasteiger partial charge in [-0.3, -0.25) is 14.4 Å². The number of alkyl halides is 1. The first-order valence-electron chi connectivity index (χ1n) is 9.61. The van der Waals surface area contributed by atoms with E-state index in [4.69, 9.17) is 0 Å². The average Bonchev–Trinajstić information content (AvgIpc) is 2.71. The largest absolute Gasteiger partial charge is 0.469 e. The minimum atomic E-state index is -0.571. The lowest BCUT2D eigenvalue weighted by molar-refractivity contribution is -0.142. The minimum Gasteiger partial charge on any atom is -0.469 e. The Balaban J connectivity index is 1.72. The number of hydrogen-bond donors (Lipinski definition) is 1. The molecule has 1 amide bonds. The fourth-order valence-corrected chi connectivity index (χ4v) is 3.36. The molecule has 0 heterocycles. The standard InChI is InChI=1S/C23H26BrNO4/c1-29-23(28)16-22(27)25-20-11-9-17(10-12-20)3-2-4-21(26)15-19-7-5-18(6-8-19)13-14-24/h5-12H,2-4,13-16H2,1H3,(H,25,27). The number of esters is 1. The zero-order valence-electron chi connectivity index (χ0n) is 16.6. The Morgan fingerprint density at radius 1 is 0.897 bits per heavy atom. The number of aryl methyl sites for hydroxylation is 2. The number of Topliss-reactive ketones (excluding diaryl/α,β-unsaturated/α-hetero) is 1. The number of amides is 1. The number of halogens is 1. The lowest BCUT2D eigenvalue weighted by Gasteiger charge is -2.07. The number of benzene rings is 2. The van der Waals surface area contributed by atoms with Crippen molar-refractivity contribution < 1.29 is 19.1 Å². The maximum atomic E-state index is 12.2. The second-order valence-corrected chi connectivity index (χ2v) is 7.62. The van der Waals surface area contributed by atoms with Crippen molar-refractivity contribution in [3.63, 3.8) is 0 Å². The molecular formula is C23H26BrNO4. The molecule has 5 nitrogen and oxygen atoms in total. The molecule has 2 aromatic carbocycles. The topological polar surface area (TPSA) is 72.5 Å². The highest BCUT2D eigenvalue weighted by Gasteiger charge is 2.09. The molecule has 2 aromatic rings. The Morgan fingerprint density at radius 2 is 1.48 bits per heavy atom. The van der Waals surface area contributed by atoms with Crippen molar-refractivity contribution in [2.75, 3.05) is 17.8 Å². The molecule has 0 saturated heterocycles. The van der Waals surface area contributed by atoms with Crippen LogP contribution in [0.25, 0.3) is 0 Å². The molecule has 0 unspecified atom stereocenters. The summed E-state index contributed by atoms with van der Waals surface area (Å²) >= 11 is 3.43. The number of hydrogen-bond acceptors (Lipinski definition) is 4. The van der Waals surface area contributed by atoms with Crippen LogP contribution in [0.1, 0.15) is 36.0 Å². The third kappa shape index (κ3) is 8.60. The van der Waals surface area contributed by atoms with Gasteiger partial charge in [-0.15, -0.1) is 0 Å². The fourth-order valence-electron chi connectivity index (χ4n) is 2.90. The number of ketones is 1. The van der Waals surface area contributed by atoms with Gasteiger partial charge in [-0.05, 0) is 48.1 Å². The molecule has 154 valence electrons. The molecule has 0 aliphatic heterocycles. The molecule has 1 N–H and O–H groups in total. The van der Waals surface area contributed by atoms with Crippen molar-refractivity contribution in [2.24, 2.45) is 0 Å². The number of carbonyl (C=O) groups excluding carboxylic acids is 3. The molecule has 0 radical (unpaired) electrons. The summed E-state index contributed by atoms with van der Waals surface area (Å²) in [7, 11) is 1.25. The summed E-state index contributed by atoms with van der Waals surface area (Å²) in [6.45, 7) is 0. The van der Waals surface area contributed by atoms with Gasteiger partial charge in [-0.2, -0.15) is 0 Å². The van der Waals surface area contributed by atoms with Crippen LogP contribution in [0.5, 0.6) is 0 Å². The molecule has 6 heteroatoms. The highest BCUT2D eigenvalue weighted by atomic mass is 79.9. The van der Waals surface area contributed by atoms with E-state index in [0.717, 1.165) is 35.7 Å². The van der Waals surface area contributed by atoms with E-state index >= 15 is 0 Å². The number of anilines is 1. The number of methoxy groups -OCH3 is 1. The van der Waals surface area contributed by atoms with Crippen LogP contribution in [0, 0.1) is 0 Å². The van der Waals surface area contributed by atoms with E-state index < -0.39 is 11.9 Å². The molecule has 0 fully saturated rings. The van der Waals surface area contributed by atoms with Gasteiger partial charge in [0.05, 0.1) is 7.11 Å². The first kappa shape index (κ1) is 22.8. The Bertz CT molecular complexity index is 816. The number of rotatable bonds is 11. The van der Waals surface area contributed by atoms with Crippen molar-refractivity contribution in [3.05, 3.63) is 65.2 Å². The molecule has 0 aromatic heterocycles. The first-order chi connectivity index (χ1) is 14.0. The molecule has 0 saturated carbocycles. The zero-order valence-corrected chi connectivity index (χ0v) is 18.2. The van der Waals surface area contributed by atoms with Crippen LogP contribution in [-0.4, -0.2) is 30.1 Å². The van der Waals surface area contributed by atoms with E-state index in [2.05, 4.69) is 38.1 Å². The quantitative estimate of drug-likeness (QED) is 0.309. The van der Waals surface area contributed by atoms with Gasteiger partial charge in [0.1, 0.15) is 12.2 Å². The highest BCUT2D eigenvalue weighted by molar-refractivity contribution is 9.09. The SMILES string of the molecule is COC(=O)CC(=O)Nc1ccc(CCCC(=O)Cc2ccc(CCBr)cc2)cc1. The number of carbonyl (C=O) groups is 3. The summed E-state index contributed by atoms with van der Waals surface area (Å²) in [5.41, 5.74) is 4.05. The van der Waals surface area contributed by atoms with Gasteiger partial charge >= 0.3 is 5.97 Å². The van der Waals surface area contributed by atoms with E-state index in [1.165, 1.54) is 12.7 Å². The van der Waals surface area contributed by atoms with E-state index in [1.807, 2.05) is 24.3 Å². The van der Waals surface area contributed by atoms with Gasteiger partial charge in [0, 0.05) is 23.9 Å². The van der Waals surface area contributed by atoms with Crippen molar-refractivity contribution in [1.82, 2.24) is 0 Å². The van der Waals surface area contributed by atoms with E-state index in [-0.39, 0.29) is 12.2 Å². The third-order valence-electron chi connectivity index (χ3n) is 4.50. The van der Waals surface area contributed by atoms with Crippen LogP contribution in [-0.2, 0) is 38.4 Å². The second kappa shape index (κ2) is 12.2. The predicted octanol–water partition coefficient (Wildman–Crippen LogP) is 4.26. The molecule has 2 rings (SSSR count). The number of nitrogens with one attached hydrogen (secondary N) is 1. The van der Waals surface area contributed by atoms with Gasteiger partial charge < -0.3 is 10.1 Å². The first-order valence-corrected chi connectivity index (χ1v) is 10.7. The summed E-state index contributed by atoms with van der Waals surface area (Å²) in [4.78, 5) is 35.0. The lowest BCUT2D eigenvalue weighted by Crippen LogP contribution is -2.17. The van der Waals surface area contributed by atoms with Crippen molar-refractivity contribution in [2.45, 2.75) is 38.5 Å². The summed E-state index contributed by atoms with van der Waals surface area (Å²) in [6.07, 6.45) is 3.28. The van der Waals surface area contributed by atoms with Gasteiger partial charge in [0.15, 0.2) is 0 Å². The molecule has 0 aliphatic carbocycles. The second-order valence-electron chi connectivity index (χ2n) is 6.82. The van der Waals surface area contributed by atoms with Crippen molar-refractivity contribution >= 4 is 39.3 Å². The van der Waals surface area contributed by atoms with Crippen LogP contribution in [0.4, 0.5) is 5.69 Å². The third-order valence-corrected chi connectivity index (χ3v) is 4.90. The van der Waals surface area contributed by atoms with E-state index in [1.54, 1.807) is 12.1 Å². The Kier molecular flexibility index (Phi) is 9.57. The Morgan fingerprint density at radius 3 is 2.10 bits per heavy atom. The van der Waals surface area contributed by atoms with Gasteiger partial charge in [0.2, 0.25) is 5.91 Å². The maximum Gasteiger partial charge on any atom is 0.315 e. The van der Waals surface area contributed by atoms with Crippen molar-refractivity contribution in [1.29, 1.82) is 0 Å². The molecule has 0 aliphatic rings. The van der Waals surface area contributed by atoms with Gasteiger partial charge in [0.25, 0.3) is 0 Å². The van der Waals surface area contributed by atoms with E-state index in [0.29, 0.717) is 18.5 Å². The molecule has 29 heavy (non-hydrogen) atoms. The van der Waals surface area contributed by atoms with Crippen LogP contribution in [0.15, 0.2) is 48.5 Å². The Labute approximate surface area is 180 Å². The zero-order chi connectivity index (χ0) is 21.1. The van der Waals surface area contributed by atoms with Gasteiger partial charge in [-0.1, -0.05) is 52.3 Å². The van der Waals surface area contributed by atoms with Gasteiger partial charge in [-0.25, -0.2) is 0 Å². The predicted molar refractivity (Wildman–Crippen MR) is 117 cm³/mol. The number of ether oxygens (including phenoxy) is 1. The molecular weight excluding hydrogens is 434 g/mol. The van der Waals surface area contributed by atoms with Crippen LogP contribution >= 0.6 is 15.9 Å².